The fraction of sp³-hybridized carbons (Fsp3) is 0.830. The van der Waals surface area contributed by atoms with Crippen LogP contribution in [0.5, 0.6) is 0 Å². The van der Waals surface area contributed by atoms with Crippen molar-refractivity contribution in [2.45, 2.75) is 271 Å². The van der Waals surface area contributed by atoms with E-state index >= 15 is 0 Å². The van der Waals surface area contributed by atoms with Gasteiger partial charge >= 0.3 is 17.9 Å². The second-order valence-electron chi connectivity index (χ2n) is 17.1. The maximum absolute atomic E-state index is 12.8. The fourth-order valence-electron chi connectivity index (χ4n) is 7.18. The highest BCUT2D eigenvalue weighted by Gasteiger charge is 2.19. The summed E-state index contributed by atoms with van der Waals surface area (Å²) in [6, 6.07) is 0. The normalized spacial score (nSPS) is 12.3. The third kappa shape index (κ3) is 46.5. The molecule has 6 heteroatoms. The zero-order valence-electron chi connectivity index (χ0n) is 39.3. The molecule has 344 valence electrons. The summed E-state index contributed by atoms with van der Waals surface area (Å²) < 4.78 is 16.8. The van der Waals surface area contributed by atoms with Gasteiger partial charge in [-0.1, -0.05) is 192 Å². The molecule has 0 bridgehead atoms. The van der Waals surface area contributed by atoms with Crippen LogP contribution in [-0.4, -0.2) is 37.2 Å². The quantitative estimate of drug-likeness (QED) is 0.0263. The molecule has 0 aliphatic heterocycles. The van der Waals surface area contributed by atoms with Gasteiger partial charge in [-0.3, -0.25) is 14.4 Å². The smallest absolute Gasteiger partial charge is 0.306 e. The first kappa shape index (κ1) is 56.6. The fourth-order valence-corrected chi connectivity index (χ4v) is 7.18. The van der Waals surface area contributed by atoms with E-state index in [1.165, 1.54) is 148 Å². The molecule has 0 spiro atoms. The summed E-state index contributed by atoms with van der Waals surface area (Å²) in [6.45, 7) is 6.57. The molecule has 0 fully saturated rings. The number of ether oxygens (including phenoxy) is 3. The highest BCUT2D eigenvalue weighted by atomic mass is 16.6. The van der Waals surface area contributed by atoms with Gasteiger partial charge in [-0.25, -0.2) is 0 Å². The van der Waals surface area contributed by atoms with Crippen molar-refractivity contribution in [3.8, 4) is 0 Å². The SMILES string of the molecule is CCCC/C=C\CCCCCCCC(=O)OCC(COC(=O)CCCCCCCCC/C=C\CCCCCCCC)OC(=O)CCCCCCC/C=C\CCCCCC. The van der Waals surface area contributed by atoms with E-state index in [0.717, 1.165) is 77.0 Å². The molecule has 0 aliphatic carbocycles. The van der Waals surface area contributed by atoms with Crippen molar-refractivity contribution >= 4 is 17.9 Å². The lowest BCUT2D eigenvalue weighted by molar-refractivity contribution is -0.167. The van der Waals surface area contributed by atoms with Crippen molar-refractivity contribution in [3.05, 3.63) is 36.5 Å². The Balaban J connectivity index is 4.35. The van der Waals surface area contributed by atoms with Gasteiger partial charge in [0.05, 0.1) is 0 Å². The number of carbonyl (C=O) groups is 3. The van der Waals surface area contributed by atoms with Crippen LogP contribution < -0.4 is 0 Å². The summed E-state index contributed by atoms with van der Waals surface area (Å²) in [5.41, 5.74) is 0. The lowest BCUT2D eigenvalue weighted by Crippen LogP contribution is -2.30. The average molecular weight is 829 g/mol. The van der Waals surface area contributed by atoms with Gasteiger partial charge in [-0.2, -0.15) is 0 Å². The lowest BCUT2D eigenvalue weighted by atomic mass is 10.1. The van der Waals surface area contributed by atoms with Crippen molar-refractivity contribution in [2.75, 3.05) is 13.2 Å². The summed E-state index contributed by atoms with van der Waals surface area (Å²) in [4.78, 5) is 37.9. The molecule has 1 unspecified atom stereocenters. The first-order valence-corrected chi connectivity index (χ1v) is 25.5. The Hall–Kier alpha value is -2.37. The van der Waals surface area contributed by atoms with Crippen LogP contribution in [0.15, 0.2) is 36.5 Å². The van der Waals surface area contributed by atoms with Crippen LogP contribution in [0.2, 0.25) is 0 Å². The zero-order valence-corrected chi connectivity index (χ0v) is 39.3. The molecule has 0 rings (SSSR count). The zero-order chi connectivity index (χ0) is 43.0. The van der Waals surface area contributed by atoms with Crippen molar-refractivity contribution < 1.29 is 28.6 Å². The summed E-state index contributed by atoms with van der Waals surface area (Å²) in [5, 5.41) is 0. The molecule has 59 heavy (non-hydrogen) atoms. The molecule has 0 heterocycles. The van der Waals surface area contributed by atoms with Crippen LogP contribution in [0.1, 0.15) is 265 Å². The molecular formula is C53H96O6. The lowest BCUT2D eigenvalue weighted by Gasteiger charge is -2.18. The van der Waals surface area contributed by atoms with Crippen LogP contribution in [0, 0.1) is 0 Å². The molecule has 0 aromatic carbocycles. The van der Waals surface area contributed by atoms with Crippen molar-refractivity contribution in [1.82, 2.24) is 0 Å². The van der Waals surface area contributed by atoms with Crippen LogP contribution >= 0.6 is 0 Å². The maximum atomic E-state index is 12.8. The summed E-state index contributed by atoms with van der Waals surface area (Å²) in [6.07, 6.45) is 55.5. The highest BCUT2D eigenvalue weighted by Crippen LogP contribution is 2.14. The van der Waals surface area contributed by atoms with E-state index in [-0.39, 0.29) is 31.1 Å². The Morgan fingerprint density at radius 3 is 0.915 bits per heavy atom. The van der Waals surface area contributed by atoms with Crippen LogP contribution in [0.4, 0.5) is 0 Å². The number of allylic oxidation sites excluding steroid dienone is 6. The van der Waals surface area contributed by atoms with Gasteiger partial charge in [0.1, 0.15) is 13.2 Å². The molecular weight excluding hydrogens is 733 g/mol. The van der Waals surface area contributed by atoms with Crippen molar-refractivity contribution in [3.63, 3.8) is 0 Å². The van der Waals surface area contributed by atoms with E-state index in [1.54, 1.807) is 0 Å². The van der Waals surface area contributed by atoms with Gasteiger partial charge in [0.15, 0.2) is 6.10 Å². The van der Waals surface area contributed by atoms with Gasteiger partial charge in [-0.05, 0) is 89.9 Å². The predicted molar refractivity (Wildman–Crippen MR) is 252 cm³/mol. The van der Waals surface area contributed by atoms with Crippen molar-refractivity contribution in [1.29, 1.82) is 0 Å². The number of hydrogen-bond acceptors (Lipinski definition) is 6. The first-order chi connectivity index (χ1) is 29.0. The molecule has 0 aromatic rings. The molecule has 0 saturated carbocycles. The van der Waals surface area contributed by atoms with Crippen molar-refractivity contribution in [2.24, 2.45) is 0 Å². The third-order valence-electron chi connectivity index (χ3n) is 11.1. The van der Waals surface area contributed by atoms with E-state index in [4.69, 9.17) is 14.2 Å². The maximum Gasteiger partial charge on any atom is 0.306 e. The number of carbonyl (C=O) groups excluding carboxylic acids is 3. The van der Waals surface area contributed by atoms with E-state index in [0.29, 0.717) is 19.3 Å². The van der Waals surface area contributed by atoms with Gasteiger partial charge in [0.25, 0.3) is 0 Å². The monoisotopic (exact) mass is 829 g/mol. The van der Waals surface area contributed by atoms with E-state index in [9.17, 15) is 14.4 Å². The Bertz CT molecular complexity index is 1000. The van der Waals surface area contributed by atoms with Gasteiger partial charge < -0.3 is 14.2 Å². The van der Waals surface area contributed by atoms with Crippen LogP contribution in [0.25, 0.3) is 0 Å². The number of esters is 3. The number of rotatable bonds is 46. The molecule has 0 aliphatic rings. The topological polar surface area (TPSA) is 78.9 Å². The minimum atomic E-state index is -0.778. The summed E-state index contributed by atoms with van der Waals surface area (Å²) in [7, 11) is 0. The molecule has 0 amide bonds. The molecule has 0 radical (unpaired) electrons. The minimum absolute atomic E-state index is 0.0791. The first-order valence-electron chi connectivity index (χ1n) is 25.5. The van der Waals surface area contributed by atoms with E-state index in [1.807, 2.05) is 0 Å². The van der Waals surface area contributed by atoms with E-state index < -0.39 is 6.10 Å². The number of hydrogen-bond donors (Lipinski definition) is 0. The Morgan fingerprint density at radius 1 is 0.322 bits per heavy atom. The standard InChI is InChI=1S/C53H96O6/c1-4-7-10-13-16-19-22-24-25-26-27-29-31-34-37-40-43-46-52(55)58-49-50(48-57-51(54)45-42-39-36-33-30-21-18-15-12-9-6-3)59-53(56)47-44-41-38-35-32-28-23-20-17-14-11-8-5-2/h15,18,20,23-25,50H,4-14,16-17,19,21-22,26-49H2,1-3H3/b18-15-,23-20-,25-24-. The van der Waals surface area contributed by atoms with Gasteiger partial charge in [0, 0.05) is 19.3 Å². The molecule has 0 N–H and O–H groups in total. The second-order valence-corrected chi connectivity index (χ2v) is 17.1. The highest BCUT2D eigenvalue weighted by molar-refractivity contribution is 5.71. The largest absolute Gasteiger partial charge is 0.462 e. The van der Waals surface area contributed by atoms with Crippen LogP contribution in [0.3, 0.4) is 0 Å². The second kappa shape index (κ2) is 48.3. The Morgan fingerprint density at radius 2 is 0.576 bits per heavy atom. The predicted octanol–water partition coefficient (Wildman–Crippen LogP) is 16.5. The Kier molecular flexibility index (Phi) is 46.4. The summed E-state index contributed by atoms with van der Waals surface area (Å²) >= 11 is 0. The molecule has 6 nitrogen and oxygen atoms in total. The van der Waals surface area contributed by atoms with Crippen LogP contribution in [-0.2, 0) is 28.6 Å². The van der Waals surface area contributed by atoms with Gasteiger partial charge in [0.2, 0.25) is 0 Å². The molecule has 0 aromatic heterocycles. The number of unbranched alkanes of at least 4 members (excludes halogenated alkanes) is 29. The Labute approximate surface area is 365 Å². The minimum Gasteiger partial charge on any atom is -0.462 e. The average Bonchev–Trinajstić information content (AvgIpc) is 3.23. The molecule has 0 saturated heterocycles. The molecule has 1 atom stereocenters. The van der Waals surface area contributed by atoms with E-state index in [2.05, 4.69) is 57.2 Å². The van der Waals surface area contributed by atoms with Gasteiger partial charge in [-0.15, -0.1) is 0 Å². The summed E-state index contributed by atoms with van der Waals surface area (Å²) in [5.74, 6) is -0.895. The third-order valence-corrected chi connectivity index (χ3v) is 11.1.